The fourth-order valence-electron chi connectivity index (χ4n) is 0.822. The number of aryl methyl sites for hydroxylation is 1. The van der Waals surface area contributed by atoms with E-state index in [0.29, 0.717) is 0 Å². The first-order valence-electron chi connectivity index (χ1n) is 3.62. The smallest absolute Gasteiger partial charge is 0.307 e. The van der Waals surface area contributed by atoms with Crippen LogP contribution >= 0.6 is 11.3 Å². The number of hydrogen-bond acceptors (Lipinski definition) is 2. The van der Waals surface area contributed by atoms with Gasteiger partial charge in [-0.15, -0.1) is 11.3 Å². The first kappa shape index (κ1) is 9.00. The van der Waals surface area contributed by atoms with E-state index in [2.05, 4.69) is 0 Å². The van der Waals surface area contributed by atoms with E-state index >= 15 is 0 Å². The van der Waals surface area contributed by atoms with Crippen LogP contribution in [0.15, 0.2) is 17.5 Å². The Morgan fingerprint density at radius 2 is 2.50 bits per heavy atom. The van der Waals surface area contributed by atoms with Gasteiger partial charge in [0, 0.05) is 4.88 Å². The minimum absolute atomic E-state index is 0.0946. The fraction of sp³-hybridized carbons (Fsp3) is 0.222. The van der Waals surface area contributed by atoms with Gasteiger partial charge in [0.2, 0.25) is 0 Å². The van der Waals surface area contributed by atoms with Gasteiger partial charge in [0.1, 0.15) is 0 Å². The number of carboxylic acids is 1. The molecule has 0 radical (unpaired) electrons. The molecule has 0 fully saturated rings. The van der Waals surface area contributed by atoms with E-state index in [1.165, 1.54) is 5.56 Å². The van der Waals surface area contributed by atoms with Crippen LogP contribution in [0.3, 0.4) is 0 Å². The van der Waals surface area contributed by atoms with Gasteiger partial charge >= 0.3 is 5.97 Å². The highest BCUT2D eigenvalue weighted by Crippen LogP contribution is 2.17. The van der Waals surface area contributed by atoms with E-state index in [9.17, 15) is 4.79 Å². The molecule has 0 spiro atoms. The monoisotopic (exact) mass is 182 g/mol. The molecule has 0 unspecified atom stereocenters. The van der Waals surface area contributed by atoms with Crippen LogP contribution in [0, 0.1) is 6.92 Å². The lowest BCUT2D eigenvalue weighted by Gasteiger charge is -1.87. The molecule has 3 heteroatoms. The molecule has 1 rings (SSSR count). The molecule has 0 saturated heterocycles. The van der Waals surface area contributed by atoms with Crippen molar-refractivity contribution < 1.29 is 9.90 Å². The number of aliphatic carboxylic acids is 1. The first-order chi connectivity index (χ1) is 5.70. The lowest BCUT2D eigenvalue weighted by atomic mass is 10.2. The standard InChI is InChI=1S/C9H10O2S/c1-7-5-6-12-8(7)3-2-4-9(10)11/h2-3,5-6H,4H2,1H3,(H,10,11). The zero-order valence-electron chi connectivity index (χ0n) is 6.78. The van der Waals surface area contributed by atoms with Crippen molar-refractivity contribution in [3.05, 3.63) is 28.0 Å². The normalized spacial score (nSPS) is 10.8. The molecule has 1 aromatic rings. The average molecular weight is 182 g/mol. The van der Waals surface area contributed by atoms with Crippen molar-refractivity contribution in [2.24, 2.45) is 0 Å². The van der Waals surface area contributed by atoms with E-state index in [1.54, 1.807) is 17.4 Å². The van der Waals surface area contributed by atoms with Crippen LogP contribution in [0.2, 0.25) is 0 Å². The maximum Gasteiger partial charge on any atom is 0.307 e. The molecule has 0 aromatic carbocycles. The molecule has 1 N–H and O–H groups in total. The molecular weight excluding hydrogens is 172 g/mol. The SMILES string of the molecule is Cc1ccsc1C=CCC(=O)O. The molecule has 2 nitrogen and oxygen atoms in total. The summed E-state index contributed by atoms with van der Waals surface area (Å²) in [5, 5.41) is 10.4. The average Bonchev–Trinajstić information content (AvgIpc) is 2.36. The minimum atomic E-state index is -0.791. The molecule has 1 heterocycles. The van der Waals surface area contributed by atoms with E-state index in [1.807, 2.05) is 24.4 Å². The molecule has 64 valence electrons. The second-order valence-electron chi connectivity index (χ2n) is 2.47. The zero-order chi connectivity index (χ0) is 8.97. The number of rotatable bonds is 3. The molecule has 0 aliphatic rings. The zero-order valence-corrected chi connectivity index (χ0v) is 7.60. The summed E-state index contributed by atoms with van der Waals surface area (Å²) in [4.78, 5) is 11.3. The Kier molecular flexibility index (Phi) is 3.05. The Bertz CT molecular complexity index is 299. The Balaban J connectivity index is 2.57. The summed E-state index contributed by atoms with van der Waals surface area (Å²) in [5.41, 5.74) is 1.20. The van der Waals surface area contributed by atoms with Gasteiger partial charge in [-0.25, -0.2) is 0 Å². The fourth-order valence-corrected chi connectivity index (χ4v) is 1.67. The maximum atomic E-state index is 10.2. The molecule has 0 aliphatic heterocycles. The van der Waals surface area contributed by atoms with Gasteiger partial charge in [-0.05, 0) is 30.0 Å². The van der Waals surface area contributed by atoms with E-state index in [4.69, 9.17) is 5.11 Å². The summed E-state index contributed by atoms with van der Waals surface area (Å²) in [6.07, 6.45) is 3.62. The number of carboxylic acid groups (broad SMARTS) is 1. The Labute approximate surface area is 75.2 Å². The number of carbonyl (C=O) groups is 1. The van der Waals surface area contributed by atoms with Gasteiger partial charge < -0.3 is 5.11 Å². The lowest BCUT2D eigenvalue weighted by Crippen LogP contribution is -1.89. The van der Waals surface area contributed by atoms with Crippen molar-refractivity contribution in [2.45, 2.75) is 13.3 Å². The van der Waals surface area contributed by atoms with Crippen LogP contribution in [0.1, 0.15) is 16.9 Å². The van der Waals surface area contributed by atoms with Gasteiger partial charge in [0.05, 0.1) is 6.42 Å². The molecule has 0 aliphatic carbocycles. The lowest BCUT2D eigenvalue weighted by molar-refractivity contribution is -0.135. The Morgan fingerprint density at radius 3 is 3.00 bits per heavy atom. The summed E-state index contributed by atoms with van der Waals surface area (Å²) in [5.74, 6) is -0.791. The van der Waals surface area contributed by atoms with Gasteiger partial charge in [-0.1, -0.05) is 6.08 Å². The second-order valence-corrected chi connectivity index (χ2v) is 3.42. The van der Waals surface area contributed by atoms with Gasteiger partial charge in [-0.2, -0.15) is 0 Å². The van der Waals surface area contributed by atoms with Gasteiger partial charge in [0.15, 0.2) is 0 Å². The summed E-state index contributed by atoms with van der Waals surface area (Å²) < 4.78 is 0. The molecule has 0 saturated carbocycles. The van der Waals surface area contributed by atoms with Crippen LogP contribution in [0.25, 0.3) is 6.08 Å². The van der Waals surface area contributed by atoms with E-state index in [0.717, 1.165) is 4.88 Å². The minimum Gasteiger partial charge on any atom is -0.481 e. The predicted molar refractivity (Wildman–Crippen MR) is 50.3 cm³/mol. The van der Waals surface area contributed by atoms with Crippen LogP contribution in [-0.2, 0) is 4.79 Å². The summed E-state index contributed by atoms with van der Waals surface area (Å²) >= 11 is 1.62. The van der Waals surface area contributed by atoms with Crippen molar-refractivity contribution >= 4 is 23.4 Å². The number of hydrogen-bond donors (Lipinski definition) is 1. The number of thiophene rings is 1. The maximum absolute atomic E-state index is 10.2. The van der Waals surface area contributed by atoms with Crippen LogP contribution in [-0.4, -0.2) is 11.1 Å². The molecule has 1 aromatic heterocycles. The molecule has 0 atom stereocenters. The van der Waals surface area contributed by atoms with E-state index in [-0.39, 0.29) is 6.42 Å². The highest BCUT2D eigenvalue weighted by molar-refractivity contribution is 7.11. The highest BCUT2D eigenvalue weighted by atomic mass is 32.1. The predicted octanol–water partition coefficient (Wildman–Crippen LogP) is 2.54. The topological polar surface area (TPSA) is 37.3 Å². The highest BCUT2D eigenvalue weighted by Gasteiger charge is 1.94. The molecule has 0 amide bonds. The van der Waals surface area contributed by atoms with Gasteiger partial charge in [-0.3, -0.25) is 4.79 Å². The largest absolute Gasteiger partial charge is 0.481 e. The third-order valence-corrected chi connectivity index (χ3v) is 2.45. The van der Waals surface area contributed by atoms with Crippen LogP contribution in [0.5, 0.6) is 0 Å². The quantitative estimate of drug-likeness (QED) is 0.780. The Morgan fingerprint density at radius 1 is 1.75 bits per heavy atom. The Hall–Kier alpha value is -1.09. The molecule has 12 heavy (non-hydrogen) atoms. The van der Waals surface area contributed by atoms with Crippen LogP contribution < -0.4 is 0 Å². The summed E-state index contributed by atoms with van der Waals surface area (Å²) in [7, 11) is 0. The van der Waals surface area contributed by atoms with Crippen molar-refractivity contribution in [1.29, 1.82) is 0 Å². The second kappa shape index (κ2) is 4.07. The van der Waals surface area contributed by atoms with Crippen molar-refractivity contribution in [3.63, 3.8) is 0 Å². The summed E-state index contributed by atoms with van der Waals surface area (Å²) in [6.45, 7) is 2.01. The third kappa shape index (κ3) is 2.51. The molecular formula is C9H10O2S. The first-order valence-corrected chi connectivity index (χ1v) is 4.50. The van der Waals surface area contributed by atoms with Crippen molar-refractivity contribution in [1.82, 2.24) is 0 Å². The third-order valence-electron chi connectivity index (χ3n) is 1.46. The van der Waals surface area contributed by atoms with Crippen molar-refractivity contribution in [2.75, 3.05) is 0 Å². The molecule has 0 bridgehead atoms. The van der Waals surface area contributed by atoms with Crippen LogP contribution in [0.4, 0.5) is 0 Å². The van der Waals surface area contributed by atoms with Crippen molar-refractivity contribution in [3.8, 4) is 0 Å². The summed E-state index contributed by atoms with van der Waals surface area (Å²) in [6, 6.07) is 2.02. The van der Waals surface area contributed by atoms with E-state index < -0.39 is 5.97 Å². The van der Waals surface area contributed by atoms with Gasteiger partial charge in [0.25, 0.3) is 0 Å².